The highest BCUT2D eigenvalue weighted by atomic mass is 16.5. The van der Waals surface area contributed by atoms with Crippen LogP contribution in [0.1, 0.15) is 32.6 Å². The van der Waals surface area contributed by atoms with Crippen LogP contribution in [0.2, 0.25) is 0 Å². The molecule has 1 aliphatic heterocycles. The highest BCUT2D eigenvalue weighted by Crippen LogP contribution is 2.15. The third-order valence-corrected chi connectivity index (χ3v) is 3.40. The minimum atomic E-state index is -0.234. The summed E-state index contributed by atoms with van der Waals surface area (Å²) in [5, 5.41) is 9.04. The van der Waals surface area contributed by atoms with E-state index in [0.29, 0.717) is 26.3 Å². The minimum Gasteiger partial charge on any atom is -0.395 e. The maximum absolute atomic E-state index is 12.3. The van der Waals surface area contributed by atoms with E-state index in [9.17, 15) is 4.79 Å². The van der Waals surface area contributed by atoms with Gasteiger partial charge in [0.1, 0.15) is 0 Å². The lowest BCUT2D eigenvalue weighted by Gasteiger charge is -2.26. The zero-order valence-corrected chi connectivity index (χ0v) is 11.3. The number of ether oxygens (including phenoxy) is 1. The minimum absolute atomic E-state index is 0.00231. The van der Waals surface area contributed by atoms with Gasteiger partial charge in [-0.05, 0) is 6.42 Å². The molecule has 3 N–H and O–H groups in total. The topological polar surface area (TPSA) is 75.8 Å². The van der Waals surface area contributed by atoms with Gasteiger partial charge in [-0.1, -0.05) is 26.2 Å². The Labute approximate surface area is 109 Å². The summed E-state index contributed by atoms with van der Waals surface area (Å²) in [6.45, 7) is 4.14. The molecule has 0 aromatic rings. The van der Waals surface area contributed by atoms with Gasteiger partial charge in [0.15, 0.2) is 0 Å². The Morgan fingerprint density at radius 2 is 2.11 bits per heavy atom. The predicted octanol–water partition coefficient (Wildman–Crippen LogP) is 0.361. The van der Waals surface area contributed by atoms with Gasteiger partial charge in [0.25, 0.3) is 0 Å². The SMILES string of the molecule is CCCCCCN(CCO)C(=O)C1COCC1N. The van der Waals surface area contributed by atoms with Crippen LogP contribution >= 0.6 is 0 Å². The van der Waals surface area contributed by atoms with Crippen molar-refractivity contribution in [2.45, 2.75) is 38.6 Å². The van der Waals surface area contributed by atoms with Crippen LogP contribution in [0.5, 0.6) is 0 Å². The van der Waals surface area contributed by atoms with Crippen molar-refractivity contribution < 1.29 is 14.6 Å². The van der Waals surface area contributed by atoms with Crippen molar-refractivity contribution in [3.63, 3.8) is 0 Å². The van der Waals surface area contributed by atoms with Crippen molar-refractivity contribution in [1.29, 1.82) is 0 Å². The lowest BCUT2D eigenvalue weighted by molar-refractivity contribution is -0.136. The first kappa shape index (κ1) is 15.4. The van der Waals surface area contributed by atoms with E-state index < -0.39 is 0 Å². The van der Waals surface area contributed by atoms with E-state index in [-0.39, 0.29) is 24.5 Å². The van der Waals surface area contributed by atoms with Gasteiger partial charge in [-0.3, -0.25) is 4.79 Å². The lowest BCUT2D eigenvalue weighted by Crippen LogP contribution is -2.45. The van der Waals surface area contributed by atoms with E-state index >= 15 is 0 Å². The van der Waals surface area contributed by atoms with Crippen LogP contribution in [0.25, 0.3) is 0 Å². The van der Waals surface area contributed by atoms with E-state index in [0.717, 1.165) is 12.8 Å². The molecule has 1 rings (SSSR count). The number of rotatable bonds is 8. The van der Waals surface area contributed by atoms with Crippen LogP contribution in [-0.4, -0.2) is 54.9 Å². The van der Waals surface area contributed by atoms with Crippen LogP contribution in [0, 0.1) is 5.92 Å². The Morgan fingerprint density at radius 1 is 1.33 bits per heavy atom. The molecule has 18 heavy (non-hydrogen) atoms. The number of unbranched alkanes of at least 4 members (excludes halogenated alkanes) is 3. The van der Waals surface area contributed by atoms with Crippen LogP contribution < -0.4 is 5.73 Å². The van der Waals surface area contributed by atoms with Crippen molar-refractivity contribution in [3.8, 4) is 0 Å². The van der Waals surface area contributed by atoms with E-state index in [1.807, 2.05) is 0 Å². The number of hydrogen-bond donors (Lipinski definition) is 2. The second kappa shape index (κ2) is 8.45. The molecule has 5 nitrogen and oxygen atoms in total. The number of carbonyl (C=O) groups is 1. The first-order chi connectivity index (χ1) is 8.70. The Bertz CT molecular complexity index is 248. The fourth-order valence-electron chi connectivity index (χ4n) is 2.24. The number of aliphatic hydroxyl groups is 1. The number of amides is 1. The Hall–Kier alpha value is -0.650. The number of hydrogen-bond acceptors (Lipinski definition) is 4. The van der Waals surface area contributed by atoms with Gasteiger partial charge in [0.05, 0.1) is 25.7 Å². The summed E-state index contributed by atoms with van der Waals surface area (Å²) in [5.74, 6) is -0.201. The Morgan fingerprint density at radius 3 is 2.67 bits per heavy atom. The zero-order valence-electron chi connectivity index (χ0n) is 11.3. The van der Waals surface area contributed by atoms with Crippen LogP contribution in [-0.2, 0) is 9.53 Å². The number of nitrogens with zero attached hydrogens (tertiary/aromatic N) is 1. The average Bonchev–Trinajstić information content (AvgIpc) is 2.78. The molecule has 1 saturated heterocycles. The molecule has 0 aromatic carbocycles. The molecule has 0 spiro atoms. The van der Waals surface area contributed by atoms with E-state index in [4.69, 9.17) is 15.6 Å². The monoisotopic (exact) mass is 258 g/mol. The smallest absolute Gasteiger partial charge is 0.229 e. The summed E-state index contributed by atoms with van der Waals surface area (Å²) in [4.78, 5) is 14.0. The summed E-state index contributed by atoms with van der Waals surface area (Å²) in [5.41, 5.74) is 5.86. The molecule has 0 saturated carbocycles. The van der Waals surface area contributed by atoms with Gasteiger partial charge in [0, 0.05) is 19.1 Å². The molecule has 2 unspecified atom stereocenters. The summed E-state index contributed by atoms with van der Waals surface area (Å²) in [7, 11) is 0. The summed E-state index contributed by atoms with van der Waals surface area (Å²) in [6.07, 6.45) is 4.48. The first-order valence-electron chi connectivity index (χ1n) is 6.93. The van der Waals surface area contributed by atoms with Crippen molar-refractivity contribution in [2.24, 2.45) is 11.7 Å². The molecular weight excluding hydrogens is 232 g/mol. The van der Waals surface area contributed by atoms with Crippen LogP contribution in [0.4, 0.5) is 0 Å². The third kappa shape index (κ3) is 4.55. The van der Waals surface area contributed by atoms with Gasteiger partial charge < -0.3 is 20.5 Å². The van der Waals surface area contributed by atoms with Crippen molar-refractivity contribution in [2.75, 3.05) is 32.9 Å². The predicted molar refractivity (Wildman–Crippen MR) is 70.1 cm³/mol. The van der Waals surface area contributed by atoms with Gasteiger partial charge in [-0.15, -0.1) is 0 Å². The second-order valence-corrected chi connectivity index (χ2v) is 4.92. The molecule has 0 aromatic heterocycles. The summed E-state index contributed by atoms with van der Waals surface area (Å²) < 4.78 is 5.23. The number of aliphatic hydroxyl groups excluding tert-OH is 1. The highest BCUT2D eigenvalue weighted by molar-refractivity contribution is 5.80. The first-order valence-corrected chi connectivity index (χ1v) is 6.93. The molecule has 2 atom stereocenters. The standard InChI is InChI=1S/C13H26N2O3/c1-2-3-4-5-6-15(7-8-16)13(17)11-9-18-10-12(11)14/h11-12,16H,2-10,14H2,1H3. The molecule has 106 valence electrons. The van der Waals surface area contributed by atoms with Crippen molar-refractivity contribution >= 4 is 5.91 Å². The van der Waals surface area contributed by atoms with Crippen LogP contribution in [0.3, 0.4) is 0 Å². The van der Waals surface area contributed by atoms with Gasteiger partial charge in [-0.2, -0.15) is 0 Å². The molecule has 1 heterocycles. The van der Waals surface area contributed by atoms with E-state index in [1.54, 1.807) is 4.90 Å². The molecule has 0 radical (unpaired) electrons. The van der Waals surface area contributed by atoms with Gasteiger partial charge in [-0.25, -0.2) is 0 Å². The third-order valence-electron chi connectivity index (χ3n) is 3.40. The molecule has 0 aliphatic carbocycles. The highest BCUT2D eigenvalue weighted by Gasteiger charge is 2.33. The Kier molecular flexibility index (Phi) is 7.23. The Balaban J connectivity index is 2.41. The molecule has 0 bridgehead atoms. The van der Waals surface area contributed by atoms with Crippen molar-refractivity contribution in [3.05, 3.63) is 0 Å². The second-order valence-electron chi connectivity index (χ2n) is 4.92. The maximum Gasteiger partial charge on any atom is 0.229 e. The quantitative estimate of drug-likeness (QED) is 0.616. The molecular formula is C13H26N2O3. The van der Waals surface area contributed by atoms with Crippen molar-refractivity contribution in [1.82, 2.24) is 4.90 Å². The normalized spacial score (nSPS) is 23.3. The van der Waals surface area contributed by atoms with E-state index in [1.165, 1.54) is 12.8 Å². The summed E-state index contributed by atoms with van der Waals surface area (Å²) in [6, 6.07) is -0.200. The number of nitrogens with two attached hydrogens (primary N) is 1. The lowest BCUT2D eigenvalue weighted by atomic mass is 10.0. The fraction of sp³-hybridized carbons (Fsp3) is 0.923. The summed E-state index contributed by atoms with van der Waals surface area (Å²) >= 11 is 0. The largest absolute Gasteiger partial charge is 0.395 e. The van der Waals surface area contributed by atoms with Crippen LogP contribution in [0.15, 0.2) is 0 Å². The van der Waals surface area contributed by atoms with E-state index in [2.05, 4.69) is 6.92 Å². The van der Waals surface area contributed by atoms with Gasteiger partial charge in [0.2, 0.25) is 5.91 Å². The molecule has 5 heteroatoms. The fourth-order valence-corrected chi connectivity index (χ4v) is 2.24. The molecule has 1 fully saturated rings. The zero-order chi connectivity index (χ0) is 13.4. The average molecular weight is 258 g/mol. The molecule has 1 aliphatic rings. The number of carbonyl (C=O) groups excluding carboxylic acids is 1. The molecule has 1 amide bonds. The maximum atomic E-state index is 12.3. The van der Waals surface area contributed by atoms with Gasteiger partial charge >= 0.3 is 0 Å².